The Morgan fingerprint density at radius 3 is 1.91 bits per heavy atom. The fourth-order valence-corrected chi connectivity index (χ4v) is 0.690. The van der Waals surface area contributed by atoms with Crippen LogP contribution in [0.4, 0.5) is 13.2 Å². The lowest BCUT2D eigenvalue weighted by molar-refractivity contribution is 0.441. The Morgan fingerprint density at radius 1 is 1.09 bits per heavy atom. The van der Waals surface area contributed by atoms with Crippen molar-refractivity contribution in [3.63, 3.8) is 0 Å². The van der Waals surface area contributed by atoms with Crippen molar-refractivity contribution in [1.29, 1.82) is 0 Å². The van der Waals surface area contributed by atoms with Gasteiger partial charge in [-0.2, -0.15) is 0 Å². The molecule has 0 amide bonds. The number of hydrogen-bond acceptors (Lipinski definition) is 2. The summed E-state index contributed by atoms with van der Waals surface area (Å²) in [5, 5.41) is 0. The second kappa shape index (κ2) is 3.04. The molecule has 0 aromatic heterocycles. The van der Waals surface area contributed by atoms with E-state index in [2.05, 4.69) is 17.1 Å². The highest BCUT2D eigenvalue weighted by Gasteiger charge is 2.10. The van der Waals surface area contributed by atoms with E-state index in [0.29, 0.717) is 12.1 Å². The molecule has 0 spiro atoms. The normalized spacial score (nSPS) is 9.82. The molecule has 1 aromatic rings. The third kappa shape index (κ3) is 1.59. The molecule has 0 heterocycles. The molecular weight excluding hydrogens is 177 g/mol. The van der Waals surface area contributed by atoms with Crippen LogP contribution in [0.25, 0.3) is 0 Å². The zero-order chi connectivity index (χ0) is 8.43. The van der Waals surface area contributed by atoms with Crippen molar-refractivity contribution in [3.8, 4) is 5.75 Å². The van der Waals surface area contributed by atoms with Gasteiger partial charge in [-0.1, -0.05) is 0 Å². The summed E-state index contributed by atoms with van der Waals surface area (Å²) in [5.74, 6) is -4.29. The van der Waals surface area contributed by atoms with Gasteiger partial charge in [-0.15, -0.1) is 0 Å². The minimum absolute atomic E-state index is 0.176. The first kappa shape index (κ1) is 8.26. The maximum Gasteiger partial charge on any atom is 0.194 e. The molecule has 0 saturated heterocycles. The largest absolute Gasteiger partial charge is 0.429 e. The molecule has 1 nitrogen and oxygen atoms in total. The molecule has 0 aliphatic rings. The third-order valence-electron chi connectivity index (χ3n) is 1.06. The van der Waals surface area contributed by atoms with Crippen LogP contribution >= 0.6 is 12.9 Å². The Morgan fingerprint density at radius 2 is 1.55 bits per heavy atom. The number of rotatable bonds is 1. The highest BCUT2D eigenvalue weighted by molar-refractivity contribution is 7.75. The highest BCUT2D eigenvalue weighted by Crippen LogP contribution is 2.19. The van der Waals surface area contributed by atoms with Crippen molar-refractivity contribution >= 4 is 12.9 Å². The molecule has 11 heavy (non-hydrogen) atoms. The summed E-state index contributed by atoms with van der Waals surface area (Å²) in [4.78, 5) is 0. The number of thiol groups is 1. The maximum atomic E-state index is 12.3. The van der Waals surface area contributed by atoms with E-state index in [1.54, 1.807) is 0 Å². The Labute approximate surface area is 66.4 Å². The van der Waals surface area contributed by atoms with Crippen LogP contribution in [-0.4, -0.2) is 0 Å². The minimum atomic E-state index is -1.51. The molecule has 0 N–H and O–H groups in total. The van der Waals surface area contributed by atoms with E-state index in [1.807, 2.05) is 0 Å². The van der Waals surface area contributed by atoms with Crippen molar-refractivity contribution in [3.05, 3.63) is 29.6 Å². The van der Waals surface area contributed by atoms with Gasteiger partial charge in [0.1, 0.15) is 5.75 Å². The number of halogens is 3. The van der Waals surface area contributed by atoms with Gasteiger partial charge >= 0.3 is 0 Å². The molecule has 0 aliphatic carbocycles. The molecule has 0 saturated carbocycles. The van der Waals surface area contributed by atoms with Gasteiger partial charge in [0.05, 0.1) is 0 Å². The average Bonchev–Trinajstić information content (AvgIpc) is 1.99. The van der Waals surface area contributed by atoms with Gasteiger partial charge in [0, 0.05) is 25.0 Å². The van der Waals surface area contributed by atoms with Crippen molar-refractivity contribution in [1.82, 2.24) is 0 Å². The van der Waals surface area contributed by atoms with Crippen molar-refractivity contribution in [2.24, 2.45) is 0 Å². The smallest absolute Gasteiger partial charge is 0.194 e. The summed E-state index contributed by atoms with van der Waals surface area (Å²) in [7, 11) is 0. The average molecular weight is 180 g/mol. The fourth-order valence-electron chi connectivity index (χ4n) is 0.585. The molecule has 0 radical (unpaired) electrons. The lowest BCUT2D eigenvalue weighted by atomic mass is 10.3. The second-order valence-electron chi connectivity index (χ2n) is 1.79. The zero-order valence-electron chi connectivity index (χ0n) is 5.14. The molecular formula is C6H3F3OS. The van der Waals surface area contributed by atoms with Crippen LogP contribution < -0.4 is 4.18 Å². The topological polar surface area (TPSA) is 9.23 Å². The molecule has 60 valence electrons. The van der Waals surface area contributed by atoms with Gasteiger partial charge in [-0.05, 0) is 0 Å². The molecule has 1 rings (SSSR count). The van der Waals surface area contributed by atoms with Crippen LogP contribution in [0.5, 0.6) is 5.75 Å². The summed E-state index contributed by atoms with van der Waals surface area (Å²) in [6.45, 7) is 0. The van der Waals surface area contributed by atoms with Crippen LogP contribution in [0.2, 0.25) is 0 Å². The van der Waals surface area contributed by atoms with Gasteiger partial charge in [0.25, 0.3) is 0 Å². The SMILES string of the molecule is Fc1cc(OS)cc(F)c1F. The Kier molecular flexibility index (Phi) is 2.28. The van der Waals surface area contributed by atoms with Crippen LogP contribution in [-0.2, 0) is 0 Å². The van der Waals surface area contributed by atoms with E-state index < -0.39 is 17.5 Å². The molecule has 0 atom stereocenters. The monoisotopic (exact) mass is 180 g/mol. The van der Waals surface area contributed by atoms with Crippen molar-refractivity contribution < 1.29 is 17.4 Å². The Bertz CT molecular complexity index is 254. The molecule has 0 unspecified atom stereocenters. The molecule has 5 heteroatoms. The molecule has 1 aromatic carbocycles. The van der Waals surface area contributed by atoms with E-state index in [0.717, 1.165) is 0 Å². The first-order valence-electron chi connectivity index (χ1n) is 2.61. The van der Waals surface area contributed by atoms with Crippen molar-refractivity contribution in [2.75, 3.05) is 0 Å². The summed E-state index contributed by atoms with van der Waals surface area (Å²) < 4.78 is 41.0. The number of benzene rings is 1. The predicted molar refractivity (Wildman–Crippen MR) is 35.9 cm³/mol. The van der Waals surface area contributed by atoms with E-state index >= 15 is 0 Å². The van der Waals surface area contributed by atoms with E-state index in [-0.39, 0.29) is 5.75 Å². The Hall–Kier alpha value is -0.840. The highest BCUT2D eigenvalue weighted by atomic mass is 32.1. The van der Waals surface area contributed by atoms with Crippen LogP contribution in [0.1, 0.15) is 0 Å². The molecule has 0 aliphatic heterocycles. The van der Waals surface area contributed by atoms with Crippen LogP contribution in [0, 0.1) is 17.5 Å². The summed E-state index contributed by atoms with van der Waals surface area (Å²) in [6, 6.07) is 1.40. The Balaban J connectivity index is 3.21. The quantitative estimate of drug-likeness (QED) is 0.396. The third-order valence-corrected chi connectivity index (χ3v) is 1.27. The van der Waals surface area contributed by atoms with Crippen LogP contribution in [0.3, 0.4) is 0 Å². The van der Waals surface area contributed by atoms with Crippen molar-refractivity contribution in [2.45, 2.75) is 0 Å². The number of hydrogen-bond donors (Lipinski definition) is 1. The first-order chi connectivity index (χ1) is 5.15. The van der Waals surface area contributed by atoms with E-state index in [1.165, 1.54) is 0 Å². The van der Waals surface area contributed by atoms with E-state index in [9.17, 15) is 13.2 Å². The summed E-state index contributed by atoms with van der Waals surface area (Å²) in [6.07, 6.45) is 0. The second-order valence-corrected chi connectivity index (χ2v) is 1.97. The lowest BCUT2D eigenvalue weighted by Gasteiger charge is -1.98. The first-order valence-corrected chi connectivity index (χ1v) is 2.97. The zero-order valence-corrected chi connectivity index (χ0v) is 6.04. The van der Waals surface area contributed by atoms with Gasteiger partial charge in [-0.25, -0.2) is 13.2 Å². The van der Waals surface area contributed by atoms with E-state index in [4.69, 9.17) is 0 Å². The minimum Gasteiger partial charge on any atom is -0.429 e. The van der Waals surface area contributed by atoms with Gasteiger partial charge in [-0.3, -0.25) is 0 Å². The standard InChI is InChI=1S/C6H3F3OS/c7-4-1-3(10-11)2-5(8)6(4)9/h1-2,11H. The van der Waals surface area contributed by atoms with Gasteiger partial charge in [0.2, 0.25) is 0 Å². The van der Waals surface area contributed by atoms with Gasteiger partial charge in [0.15, 0.2) is 17.5 Å². The molecule has 0 fully saturated rings. The van der Waals surface area contributed by atoms with Gasteiger partial charge < -0.3 is 4.18 Å². The maximum absolute atomic E-state index is 12.3. The fraction of sp³-hybridized carbons (Fsp3) is 0. The lowest BCUT2D eigenvalue weighted by Crippen LogP contribution is -1.90. The molecule has 0 bridgehead atoms. The van der Waals surface area contributed by atoms with Crippen LogP contribution in [0.15, 0.2) is 12.1 Å². The summed E-state index contributed by atoms with van der Waals surface area (Å²) >= 11 is 3.28. The predicted octanol–water partition coefficient (Wildman–Crippen LogP) is 2.33. The summed E-state index contributed by atoms with van der Waals surface area (Å²) in [5.41, 5.74) is 0.